The highest BCUT2D eigenvalue weighted by molar-refractivity contribution is 5.75. The van der Waals surface area contributed by atoms with Crippen molar-refractivity contribution < 1.29 is 18.3 Å². The molecule has 3 nitrogen and oxygen atoms in total. The van der Waals surface area contributed by atoms with Gasteiger partial charge in [-0.2, -0.15) is 9.65 Å². The van der Waals surface area contributed by atoms with Crippen LogP contribution >= 0.6 is 0 Å². The smallest absolute Gasteiger partial charge is 0.314 e. The second-order valence-electron chi connectivity index (χ2n) is 5.11. The molecule has 5 heteroatoms. The molecule has 1 saturated carbocycles. The first-order chi connectivity index (χ1) is 10.1. The number of carbonyl (C=O) groups is 1. The quantitative estimate of drug-likeness (QED) is 0.482. The number of hydrogen-bond acceptors (Lipinski definition) is 3. The molecule has 1 aromatic carbocycles. The minimum atomic E-state index is -0.771. The molecule has 110 valence electrons. The van der Waals surface area contributed by atoms with Crippen LogP contribution in [0.15, 0.2) is 36.2 Å². The fourth-order valence-electron chi connectivity index (χ4n) is 2.47. The Labute approximate surface area is 121 Å². The van der Waals surface area contributed by atoms with Crippen molar-refractivity contribution in [3.8, 4) is 11.8 Å². The van der Waals surface area contributed by atoms with E-state index in [0.717, 1.165) is 0 Å². The molecule has 0 spiro atoms. The summed E-state index contributed by atoms with van der Waals surface area (Å²) in [6.07, 6.45) is 3.82. The Bertz CT molecular complexity index is 567. The number of halogens is 2. The van der Waals surface area contributed by atoms with Gasteiger partial charge in [0, 0.05) is 0 Å². The van der Waals surface area contributed by atoms with Crippen LogP contribution in [0.2, 0.25) is 0 Å². The lowest BCUT2D eigenvalue weighted by Crippen LogP contribution is -2.25. The Morgan fingerprint density at radius 3 is 2.43 bits per heavy atom. The topological polar surface area (TPSA) is 50.1 Å². The molecule has 0 bridgehead atoms. The van der Waals surface area contributed by atoms with Gasteiger partial charge in [-0.05, 0) is 61.9 Å². The van der Waals surface area contributed by atoms with E-state index in [4.69, 9.17) is 10.00 Å². The molecule has 0 atom stereocenters. The molecule has 1 aliphatic rings. The van der Waals surface area contributed by atoms with Gasteiger partial charge in [-0.3, -0.25) is 4.79 Å². The van der Waals surface area contributed by atoms with Crippen LogP contribution in [-0.2, 0) is 4.79 Å². The van der Waals surface area contributed by atoms with Gasteiger partial charge in [-0.25, -0.2) is 4.39 Å². The van der Waals surface area contributed by atoms with Crippen molar-refractivity contribution in [3.63, 3.8) is 0 Å². The first-order valence-electron chi connectivity index (χ1n) is 6.83. The fourth-order valence-corrected chi connectivity index (χ4v) is 2.47. The summed E-state index contributed by atoms with van der Waals surface area (Å²) in [4.78, 5) is 12.0. The molecule has 0 saturated heterocycles. The zero-order valence-electron chi connectivity index (χ0n) is 11.4. The molecule has 1 fully saturated rings. The molecule has 0 amide bonds. The van der Waals surface area contributed by atoms with E-state index < -0.39 is 5.83 Å². The van der Waals surface area contributed by atoms with Gasteiger partial charge in [0.15, 0.2) is 5.83 Å². The van der Waals surface area contributed by atoms with Gasteiger partial charge in [0.2, 0.25) is 0 Å². The number of carbonyl (C=O) groups excluding carboxylic acids is 1. The van der Waals surface area contributed by atoms with Gasteiger partial charge in [-0.15, -0.1) is 0 Å². The fraction of sp³-hybridized carbons (Fsp3) is 0.375. The van der Waals surface area contributed by atoms with Crippen molar-refractivity contribution in [2.24, 2.45) is 11.8 Å². The first-order valence-corrected chi connectivity index (χ1v) is 6.83. The van der Waals surface area contributed by atoms with Crippen molar-refractivity contribution in [3.05, 3.63) is 42.0 Å². The number of hydrogen-bond donors (Lipinski definition) is 0. The highest BCUT2D eigenvalue weighted by Crippen LogP contribution is 2.31. The zero-order chi connectivity index (χ0) is 15.2. The van der Waals surface area contributed by atoms with Crippen LogP contribution in [0.3, 0.4) is 0 Å². The number of esters is 1. The molecule has 0 N–H and O–H groups in total. The van der Waals surface area contributed by atoms with E-state index in [0.29, 0.717) is 31.4 Å². The molecule has 0 aromatic heterocycles. The Morgan fingerprint density at radius 1 is 1.24 bits per heavy atom. The number of benzene rings is 1. The third-order valence-corrected chi connectivity index (χ3v) is 3.63. The third kappa shape index (κ3) is 4.38. The van der Waals surface area contributed by atoms with Gasteiger partial charge >= 0.3 is 5.97 Å². The predicted molar refractivity (Wildman–Crippen MR) is 72.3 cm³/mol. The van der Waals surface area contributed by atoms with Crippen molar-refractivity contribution >= 4 is 5.97 Å². The summed E-state index contributed by atoms with van der Waals surface area (Å²) in [6, 6.07) is 6.73. The molecule has 0 unspecified atom stereocenters. The number of nitriles is 1. The second-order valence-corrected chi connectivity index (χ2v) is 5.11. The summed E-state index contributed by atoms with van der Waals surface area (Å²) in [5, 5.41) is 8.40. The molecule has 1 aromatic rings. The van der Waals surface area contributed by atoms with E-state index in [1.165, 1.54) is 36.4 Å². The minimum absolute atomic E-state index is 0.000443. The van der Waals surface area contributed by atoms with Crippen LogP contribution in [0.1, 0.15) is 25.7 Å². The van der Waals surface area contributed by atoms with Gasteiger partial charge in [0.25, 0.3) is 0 Å². The van der Waals surface area contributed by atoms with Gasteiger partial charge in [-0.1, -0.05) is 0 Å². The lowest BCUT2D eigenvalue weighted by atomic mass is 9.82. The van der Waals surface area contributed by atoms with E-state index in [1.54, 1.807) is 0 Å². The minimum Gasteiger partial charge on any atom is -0.426 e. The Morgan fingerprint density at radius 2 is 1.86 bits per heavy atom. The van der Waals surface area contributed by atoms with Crippen LogP contribution in [-0.4, -0.2) is 5.97 Å². The summed E-state index contributed by atoms with van der Waals surface area (Å²) in [7, 11) is 0. The standard InChI is InChI=1S/C16H15F2NO2/c17-13-5-7-15(8-6-13)21-16(20)12-3-1-11(2-4-12)9-14(18)10-19/h5-9,11-12H,1-4H2/b14-9+. The Kier molecular flexibility index (Phi) is 5.04. The number of rotatable bonds is 3. The predicted octanol–water partition coefficient (Wildman–Crippen LogP) is 3.91. The molecule has 1 aliphatic carbocycles. The first kappa shape index (κ1) is 15.2. The monoisotopic (exact) mass is 291 g/mol. The SMILES string of the molecule is N#C/C(F)=C\C1CCC(C(=O)Oc2ccc(F)cc2)CC1. The highest BCUT2D eigenvalue weighted by atomic mass is 19.1. The van der Waals surface area contributed by atoms with Crippen molar-refractivity contribution in [2.75, 3.05) is 0 Å². The molecule has 0 aliphatic heterocycles. The maximum absolute atomic E-state index is 12.9. The lowest BCUT2D eigenvalue weighted by Gasteiger charge is -2.25. The largest absolute Gasteiger partial charge is 0.426 e. The maximum Gasteiger partial charge on any atom is 0.314 e. The summed E-state index contributed by atoms with van der Waals surface area (Å²) < 4.78 is 30.8. The summed E-state index contributed by atoms with van der Waals surface area (Å²) >= 11 is 0. The van der Waals surface area contributed by atoms with Gasteiger partial charge < -0.3 is 4.74 Å². The van der Waals surface area contributed by atoms with Crippen LogP contribution in [0.25, 0.3) is 0 Å². The van der Waals surface area contributed by atoms with Gasteiger partial charge in [0.05, 0.1) is 5.92 Å². The number of nitrogens with zero attached hydrogens (tertiary/aromatic N) is 1. The third-order valence-electron chi connectivity index (χ3n) is 3.63. The molecule has 21 heavy (non-hydrogen) atoms. The van der Waals surface area contributed by atoms with E-state index in [2.05, 4.69) is 0 Å². The number of allylic oxidation sites excluding steroid dienone is 2. The lowest BCUT2D eigenvalue weighted by molar-refractivity contribution is -0.140. The average Bonchev–Trinajstić information content (AvgIpc) is 2.50. The summed E-state index contributed by atoms with van der Waals surface area (Å²) in [5.74, 6) is -1.41. The van der Waals surface area contributed by atoms with Crippen LogP contribution in [0.5, 0.6) is 5.75 Å². The van der Waals surface area contributed by atoms with E-state index >= 15 is 0 Å². The van der Waals surface area contributed by atoms with Crippen LogP contribution in [0.4, 0.5) is 8.78 Å². The zero-order valence-corrected chi connectivity index (χ0v) is 11.4. The molecule has 0 heterocycles. The summed E-state index contributed by atoms with van der Waals surface area (Å²) in [5.41, 5.74) is 0. The molecular weight excluding hydrogens is 276 g/mol. The average molecular weight is 291 g/mol. The Balaban J connectivity index is 1.86. The van der Waals surface area contributed by atoms with Crippen molar-refractivity contribution in [1.29, 1.82) is 5.26 Å². The molecule has 0 radical (unpaired) electrons. The van der Waals surface area contributed by atoms with Crippen molar-refractivity contribution in [2.45, 2.75) is 25.7 Å². The number of ether oxygens (including phenoxy) is 1. The van der Waals surface area contributed by atoms with Crippen LogP contribution < -0.4 is 4.74 Å². The molecule has 2 rings (SSSR count). The van der Waals surface area contributed by atoms with Crippen LogP contribution in [0, 0.1) is 29.0 Å². The summed E-state index contributed by atoms with van der Waals surface area (Å²) in [6.45, 7) is 0. The normalized spacial score (nSPS) is 22.4. The maximum atomic E-state index is 12.9. The second kappa shape index (κ2) is 6.98. The Hall–Kier alpha value is -2.22. The van der Waals surface area contributed by atoms with E-state index in [1.807, 2.05) is 0 Å². The highest BCUT2D eigenvalue weighted by Gasteiger charge is 2.27. The van der Waals surface area contributed by atoms with Gasteiger partial charge in [0.1, 0.15) is 17.6 Å². The van der Waals surface area contributed by atoms with E-state index in [-0.39, 0.29) is 23.6 Å². The molecular formula is C16H15F2NO2. The van der Waals surface area contributed by atoms with E-state index in [9.17, 15) is 13.6 Å². The van der Waals surface area contributed by atoms with Crippen molar-refractivity contribution in [1.82, 2.24) is 0 Å².